The molecule has 0 N–H and O–H groups in total. The zero-order chi connectivity index (χ0) is 10.9. The second kappa shape index (κ2) is 10.1. The summed E-state index contributed by atoms with van der Waals surface area (Å²) in [6.45, 7) is 4.14. The zero-order valence-corrected chi connectivity index (χ0v) is 10.4. The van der Waals surface area contributed by atoms with Gasteiger partial charge in [0, 0.05) is 0 Å². The topological polar surface area (TPSA) is 35.5 Å². The zero-order valence-electron chi connectivity index (χ0n) is 7.81. The highest BCUT2D eigenvalue weighted by Crippen LogP contribution is 1.92. The summed E-state index contributed by atoms with van der Waals surface area (Å²) in [5, 5.41) is -0.301. The van der Waals surface area contributed by atoms with Crippen molar-refractivity contribution in [1.82, 2.24) is 0 Å². The normalized spacial score (nSPS) is 10.5. The van der Waals surface area contributed by atoms with Gasteiger partial charge in [0.25, 0.3) is 0 Å². The standard InChI is InChI=1S/C4H8O2S.C3H6OS2/c1-3(7)4(5)6-2;1-2-4-3(5)6/h3,7H,1-2H3;2H2,1H3,(H,5,6). The van der Waals surface area contributed by atoms with Gasteiger partial charge in [-0.2, -0.15) is 12.6 Å². The van der Waals surface area contributed by atoms with Crippen molar-refractivity contribution in [2.24, 2.45) is 0 Å². The van der Waals surface area contributed by atoms with Crippen LogP contribution in [-0.4, -0.2) is 29.3 Å². The molecule has 3 nitrogen and oxygen atoms in total. The van der Waals surface area contributed by atoms with Crippen LogP contribution < -0.4 is 0 Å². The fourth-order valence-corrected chi connectivity index (χ4v) is 0.646. The number of thiocarbonyl (C=S) groups is 1. The number of ether oxygens (including phenoxy) is 2. The molecule has 0 fully saturated rings. The second-order valence-electron chi connectivity index (χ2n) is 1.90. The molecule has 78 valence electrons. The molecule has 0 aliphatic carbocycles. The predicted octanol–water partition coefficient (Wildman–Crippen LogP) is 1.72. The van der Waals surface area contributed by atoms with Gasteiger partial charge in [-0.1, -0.05) is 12.6 Å². The molecule has 6 heteroatoms. The quantitative estimate of drug-likeness (QED) is 0.439. The van der Waals surface area contributed by atoms with Crippen molar-refractivity contribution in [3.8, 4) is 0 Å². The number of carbonyl (C=O) groups excluding carboxylic acids is 1. The number of carbonyl (C=O) groups is 1. The highest BCUT2D eigenvalue weighted by molar-refractivity contribution is 8.10. The molecular formula is C7H14O3S3. The molecule has 0 saturated carbocycles. The van der Waals surface area contributed by atoms with Gasteiger partial charge in [0.2, 0.25) is 4.38 Å². The van der Waals surface area contributed by atoms with Gasteiger partial charge in [-0.3, -0.25) is 4.79 Å². The van der Waals surface area contributed by atoms with Crippen LogP contribution in [0.3, 0.4) is 0 Å². The van der Waals surface area contributed by atoms with Crippen LogP contribution in [0.5, 0.6) is 0 Å². The summed E-state index contributed by atoms with van der Waals surface area (Å²) in [4.78, 5) is 10.2. The largest absolute Gasteiger partial charge is 0.479 e. The van der Waals surface area contributed by atoms with E-state index in [9.17, 15) is 4.79 Å². The predicted molar refractivity (Wildman–Crippen MR) is 63.7 cm³/mol. The number of rotatable bonds is 2. The second-order valence-corrected chi connectivity index (χ2v) is 3.75. The van der Waals surface area contributed by atoms with Crippen molar-refractivity contribution < 1.29 is 14.3 Å². The van der Waals surface area contributed by atoms with Gasteiger partial charge in [0.15, 0.2) is 0 Å². The third-order valence-corrected chi connectivity index (χ3v) is 1.27. The number of hydrogen-bond acceptors (Lipinski definition) is 5. The number of hydrogen-bond donors (Lipinski definition) is 2. The van der Waals surface area contributed by atoms with E-state index in [2.05, 4.69) is 46.9 Å². The van der Waals surface area contributed by atoms with Crippen molar-refractivity contribution in [2.45, 2.75) is 19.1 Å². The highest BCUT2D eigenvalue weighted by atomic mass is 32.1. The first-order chi connectivity index (χ1) is 5.95. The van der Waals surface area contributed by atoms with Gasteiger partial charge in [-0.25, -0.2) is 0 Å². The summed E-state index contributed by atoms with van der Waals surface area (Å²) in [6.07, 6.45) is 0. The Labute approximate surface area is 95.0 Å². The molecule has 0 radical (unpaired) electrons. The Kier molecular flexibility index (Phi) is 12.1. The Hall–Kier alpha value is 0.0600. The van der Waals surface area contributed by atoms with E-state index < -0.39 is 0 Å². The molecule has 0 heterocycles. The van der Waals surface area contributed by atoms with Crippen LogP contribution in [-0.2, 0) is 14.3 Å². The van der Waals surface area contributed by atoms with Crippen LogP contribution in [0.1, 0.15) is 13.8 Å². The highest BCUT2D eigenvalue weighted by Gasteiger charge is 2.04. The smallest absolute Gasteiger partial charge is 0.318 e. The molecule has 0 spiro atoms. The van der Waals surface area contributed by atoms with Crippen molar-refractivity contribution in [3.05, 3.63) is 0 Å². The lowest BCUT2D eigenvalue weighted by atomic mass is 10.5. The maximum Gasteiger partial charge on any atom is 0.318 e. The third-order valence-electron chi connectivity index (χ3n) is 0.810. The fraction of sp³-hybridized carbons (Fsp3) is 0.714. The molecule has 1 atom stereocenters. The molecule has 0 aromatic carbocycles. The Morgan fingerprint density at radius 1 is 1.62 bits per heavy atom. The van der Waals surface area contributed by atoms with Crippen LogP contribution in [0.2, 0.25) is 0 Å². The molecule has 0 rings (SSSR count). The Balaban J connectivity index is 0. The maximum atomic E-state index is 10.2. The van der Waals surface area contributed by atoms with E-state index in [1.807, 2.05) is 6.92 Å². The minimum atomic E-state index is -0.301. The molecule has 0 amide bonds. The summed E-state index contributed by atoms with van der Waals surface area (Å²) >= 11 is 11.9. The number of methoxy groups -OCH3 is 1. The van der Waals surface area contributed by atoms with Crippen LogP contribution >= 0.6 is 37.5 Å². The molecule has 0 aromatic heterocycles. The van der Waals surface area contributed by atoms with E-state index in [0.717, 1.165) is 0 Å². The Morgan fingerprint density at radius 3 is 2.08 bits per heavy atom. The molecule has 13 heavy (non-hydrogen) atoms. The van der Waals surface area contributed by atoms with Crippen LogP contribution in [0.4, 0.5) is 0 Å². The first-order valence-corrected chi connectivity index (χ1v) is 4.94. The van der Waals surface area contributed by atoms with Crippen molar-refractivity contribution >= 4 is 47.8 Å². The van der Waals surface area contributed by atoms with Gasteiger partial charge < -0.3 is 9.47 Å². The van der Waals surface area contributed by atoms with E-state index in [0.29, 0.717) is 11.0 Å². The average Bonchev–Trinajstić information content (AvgIpc) is 2.03. The minimum absolute atomic E-state index is 0.289. The summed E-state index contributed by atoms with van der Waals surface area (Å²) in [5.74, 6) is -0.289. The summed E-state index contributed by atoms with van der Waals surface area (Å²) in [5.41, 5.74) is 0. The van der Waals surface area contributed by atoms with E-state index in [1.54, 1.807) is 6.92 Å². The third kappa shape index (κ3) is 14.9. The van der Waals surface area contributed by atoms with Gasteiger partial charge in [-0.15, -0.1) is 0 Å². The molecule has 0 aliphatic rings. The monoisotopic (exact) mass is 242 g/mol. The van der Waals surface area contributed by atoms with Gasteiger partial charge in [-0.05, 0) is 26.1 Å². The van der Waals surface area contributed by atoms with Crippen molar-refractivity contribution in [2.75, 3.05) is 13.7 Å². The van der Waals surface area contributed by atoms with Gasteiger partial charge in [0.05, 0.1) is 19.0 Å². The summed E-state index contributed by atoms with van der Waals surface area (Å²) in [7, 11) is 1.34. The maximum absolute atomic E-state index is 10.2. The molecule has 0 saturated heterocycles. The summed E-state index contributed by atoms with van der Waals surface area (Å²) in [6, 6.07) is 0. The van der Waals surface area contributed by atoms with E-state index in [1.165, 1.54) is 7.11 Å². The minimum Gasteiger partial charge on any atom is -0.479 e. The summed E-state index contributed by atoms with van der Waals surface area (Å²) < 4.78 is 9.25. The fourth-order valence-electron chi connectivity index (χ4n) is 0.294. The first-order valence-electron chi connectivity index (χ1n) is 3.57. The van der Waals surface area contributed by atoms with Crippen molar-refractivity contribution in [3.63, 3.8) is 0 Å². The molecule has 0 aromatic rings. The Morgan fingerprint density at radius 2 is 2.08 bits per heavy atom. The van der Waals surface area contributed by atoms with E-state index in [-0.39, 0.29) is 11.2 Å². The lowest BCUT2D eigenvalue weighted by Crippen LogP contribution is -2.11. The van der Waals surface area contributed by atoms with Crippen LogP contribution in [0, 0.1) is 0 Å². The lowest BCUT2D eigenvalue weighted by molar-refractivity contribution is -0.139. The van der Waals surface area contributed by atoms with Gasteiger partial charge >= 0.3 is 5.97 Å². The van der Waals surface area contributed by atoms with Crippen molar-refractivity contribution in [1.29, 1.82) is 0 Å². The Bertz CT molecular complexity index is 159. The molecule has 0 aliphatic heterocycles. The SMILES string of the molecule is CCOC(=S)S.COC(=O)C(C)S. The number of thiol groups is 2. The number of esters is 1. The average molecular weight is 242 g/mol. The molecule has 0 bridgehead atoms. The van der Waals surface area contributed by atoms with E-state index >= 15 is 0 Å². The van der Waals surface area contributed by atoms with E-state index in [4.69, 9.17) is 0 Å². The van der Waals surface area contributed by atoms with Gasteiger partial charge in [0.1, 0.15) is 0 Å². The first kappa shape index (κ1) is 15.5. The van der Waals surface area contributed by atoms with Crippen LogP contribution in [0.25, 0.3) is 0 Å². The van der Waals surface area contributed by atoms with Crippen LogP contribution in [0.15, 0.2) is 0 Å². The molecular weight excluding hydrogens is 228 g/mol. The molecule has 1 unspecified atom stereocenters. The lowest BCUT2D eigenvalue weighted by Gasteiger charge is -1.97.